The third-order valence-electron chi connectivity index (χ3n) is 5.41. The van der Waals surface area contributed by atoms with E-state index in [1.807, 2.05) is 31.2 Å². The number of hydrogen-bond acceptors (Lipinski definition) is 12. The molecule has 0 aromatic heterocycles. The second-order valence-electron chi connectivity index (χ2n) is 8.61. The van der Waals surface area contributed by atoms with Crippen LogP contribution in [-0.2, 0) is 26.6 Å². The van der Waals surface area contributed by atoms with Gasteiger partial charge in [0.15, 0.2) is 0 Å². The number of aryl methyl sites for hydroxylation is 1. The number of hydrogen-bond donors (Lipinski definition) is 4. The molecule has 0 saturated carbocycles. The first-order valence-corrected chi connectivity index (χ1v) is 15.9. The third kappa shape index (κ3) is 8.99. The van der Waals surface area contributed by atoms with Gasteiger partial charge in [-0.3, -0.25) is 0 Å². The molecule has 212 valence electrons. The van der Waals surface area contributed by atoms with Crippen molar-refractivity contribution in [2.45, 2.75) is 32.5 Å². The van der Waals surface area contributed by atoms with Crippen LogP contribution in [0.2, 0.25) is 0 Å². The lowest BCUT2D eigenvalue weighted by atomic mass is 10.2. The molecule has 2 aliphatic heterocycles. The van der Waals surface area contributed by atoms with Gasteiger partial charge in [0.2, 0.25) is 0 Å². The van der Waals surface area contributed by atoms with Crippen LogP contribution in [0.25, 0.3) is 0 Å². The van der Waals surface area contributed by atoms with Gasteiger partial charge in [0.25, 0.3) is 0 Å². The Kier molecular flexibility index (Phi) is 11.9. The fourth-order valence-electron chi connectivity index (χ4n) is 3.37. The van der Waals surface area contributed by atoms with Crippen LogP contribution in [0, 0.1) is 6.92 Å². The van der Waals surface area contributed by atoms with Crippen LogP contribution in [0.5, 0.6) is 11.5 Å². The van der Waals surface area contributed by atoms with Gasteiger partial charge in [-0.05, 0) is 49.7 Å². The number of nitrogen functional groups attached to an aromatic ring is 1. The van der Waals surface area contributed by atoms with E-state index in [0.29, 0.717) is 50.0 Å². The fourth-order valence-corrected chi connectivity index (χ4v) is 7.72. The zero-order valence-electron chi connectivity index (χ0n) is 22.0. The predicted octanol–water partition coefficient (Wildman–Crippen LogP) is 1.04. The molecule has 0 amide bonds. The number of nitrogens with two attached hydrogens (primary N) is 4. The van der Waals surface area contributed by atoms with E-state index in [0.717, 1.165) is 12.0 Å². The van der Waals surface area contributed by atoms with Crippen molar-refractivity contribution in [1.29, 1.82) is 0 Å². The summed E-state index contributed by atoms with van der Waals surface area (Å²) in [7, 11) is -6.27. The lowest BCUT2D eigenvalue weighted by molar-refractivity contribution is 0.0456. The van der Waals surface area contributed by atoms with Crippen LogP contribution < -0.4 is 31.8 Å². The summed E-state index contributed by atoms with van der Waals surface area (Å²) in [6.07, 6.45) is 1.000. The van der Waals surface area contributed by atoms with Gasteiger partial charge in [-0.25, -0.2) is 0 Å². The van der Waals surface area contributed by atoms with E-state index in [4.69, 9.17) is 58.3 Å². The van der Waals surface area contributed by atoms with Crippen molar-refractivity contribution in [3.05, 3.63) is 54.1 Å². The molecule has 0 bridgehead atoms. The van der Waals surface area contributed by atoms with E-state index in [1.54, 1.807) is 24.3 Å². The van der Waals surface area contributed by atoms with E-state index < -0.39 is 18.1 Å². The van der Waals surface area contributed by atoms with Crippen molar-refractivity contribution in [2.75, 3.05) is 51.8 Å². The largest absolute Gasteiger partial charge is 0.820 e. The molecule has 2 fully saturated rings. The van der Waals surface area contributed by atoms with Gasteiger partial charge in [-0.1, -0.05) is 24.6 Å². The van der Waals surface area contributed by atoms with Gasteiger partial charge in [0, 0.05) is 25.3 Å². The Balaban J connectivity index is 0.000000256. The first-order valence-electron chi connectivity index (χ1n) is 12.7. The quantitative estimate of drug-likeness (QED) is 0.212. The zero-order chi connectivity index (χ0) is 27.4. The SMILES string of the molecule is CCC1CO[Si]2(OCC(CN)O2)O1.Cc1ccc(O[Si](OCCN)(OCCN)Oc2ccc(N)cc2)cc1. The molecule has 0 aliphatic carbocycles. The Bertz CT molecular complexity index is 880. The van der Waals surface area contributed by atoms with Crippen molar-refractivity contribution >= 4 is 23.8 Å². The van der Waals surface area contributed by atoms with Gasteiger partial charge >= 0.3 is 18.1 Å². The molecule has 2 aliphatic rings. The van der Waals surface area contributed by atoms with Crippen LogP contribution >= 0.6 is 0 Å². The third-order valence-corrected chi connectivity index (χ3v) is 9.78. The molecule has 2 saturated heterocycles. The maximum absolute atomic E-state index is 6.03. The van der Waals surface area contributed by atoms with Crippen molar-refractivity contribution < 1.29 is 35.4 Å². The van der Waals surface area contributed by atoms with Gasteiger partial charge < -0.3 is 58.3 Å². The van der Waals surface area contributed by atoms with Crippen LogP contribution in [-0.4, -0.2) is 76.4 Å². The topological polar surface area (TPSA) is 178 Å². The summed E-state index contributed by atoms with van der Waals surface area (Å²) >= 11 is 0. The monoisotopic (exact) mass is 568 g/mol. The van der Waals surface area contributed by atoms with Crippen molar-refractivity contribution in [3.8, 4) is 11.5 Å². The highest BCUT2D eigenvalue weighted by Gasteiger charge is 2.58. The highest BCUT2D eigenvalue weighted by atomic mass is 28.4. The van der Waals surface area contributed by atoms with Crippen LogP contribution in [0.4, 0.5) is 5.69 Å². The average molecular weight is 569 g/mol. The molecule has 3 unspecified atom stereocenters. The van der Waals surface area contributed by atoms with E-state index in [9.17, 15) is 0 Å². The Morgan fingerprint density at radius 3 is 1.76 bits per heavy atom. The molecule has 14 heteroatoms. The molecule has 2 heterocycles. The van der Waals surface area contributed by atoms with Crippen LogP contribution in [0.15, 0.2) is 48.5 Å². The highest BCUT2D eigenvalue weighted by Crippen LogP contribution is 2.29. The summed E-state index contributed by atoms with van der Waals surface area (Å²) < 4.78 is 45.7. The van der Waals surface area contributed by atoms with E-state index in [2.05, 4.69) is 6.92 Å². The lowest BCUT2D eigenvalue weighted by Gasteiger charge is -2.28. The molecule has 38 heavy (non-hydrogen) atoms. The summed E-state index contributed by atoms with van der Waals surface area (Å²) in [6, 6.07) is 14.5. The summed E-state index contributed by atoms with van der Waals surface area (Å²) in [4.78, 5) is 0. The molecular weight excluding hydrogens is 528 g/mol. The summed E-state index contributed by atoms with van der Waals surface area (Å²) in [5.74, 6) is 1.11. The number of rotatable bonds is 12. The molecule has 2 aromatic rings. The molecule has 12 nitrogen and oxygen atoms in total. The minimum absolute atomic E-state index is 0.0535. The first kappa shape index (κ1) is 30.5. The molecule has 1 spiro atoms. The van der Waals surface area contributed by atoms with Crippen LogP contribution in [0.3, 0.4) is 0 Å². The van der Waals surface area contributed by atoms with Gasteiger partial charge in [-0.2, -0.15) is 0 Å². The molecular formula is C24H40N4O8Si2. The number of benzene rings is 2. The minimum Gasteiger partial charge on any atom is -0.471 e. The first-order chi connectivity index (χ1) is 18.3. The van der Waals surface area contributed by atoms with Gasteiger partial charge in [0.1, 0.15) is 11.5 Å². The second kappa shape index (κ2) is 14.9. The Morgan fingerprint density at radius 1 is 0.816 bits per heavy atom. The lowest BCUT2D eigenvalue weighted by Crippen LogP contribution is -2.56. The standard InChI is InChI=1S/C17H25N3O4Si.C7H15NO4Si/c1-14-2-6-16(7-3-14)23-25(21-12-10-18,22-13-11-19)24-17-8-4-15(20)5-9-17;1-2-6-4-9-13(11-6)10-5-7(3-8)12-13/h2-9H,10-13,18-20H2,1H3;6-7H,2-5,8H2,1H3. The molecule has 3 atom stereocenters. The van der Waals surface area contributed by atoms with E-state index in [1.165, 1.54) is 0 Å². The molecule has 2 aromatic carbocycles. The van der Waals surface area contributed by atoms with Gasteiger partial charge in [-0.15, -0.1) is 0 Å². The maximum Gasteiger partial charge on any atom is 0.820 e. The van der Waals surface area contributed by atoms with E-state index >= 15 is 0 Å². The Hall–Kier alpha value is -2.09. The second-order valence-corrected chi connectivity index (χ2v) is 12.6. The smallest absolute Gasteiger partial charge is 0.471 e. The van der Waals surface area contributed by atoms with Crippen molar-refractivity contribution in [2.24, 2.45) is 17.2 Å². The highest BCUT2D eigenvalue weighted by molar-refractivity contribution is 6.55. The van der Waals surface area contributed by atoms with Crippen LogP contribution in [0.1, 0.15) is 18.9 Å². The zero-order valence-corrected chi connectivity index (χ0v) is 24.0. The van der Waals surface area contributed by atoms with Gasteiger partial charge in [0.05, 0.1) is 38.6 Å². The minimum atomic E-state index is -3.55. The molecule has 0 radical (unpaired) electrons. The molecule has 4 rings (SSSR count). The molecule has 8 N–H and O–H groups in total. The maximum atomic E-state index is 6.03. The Morgan fingerprint density at radius 2 is 1.32 bits per heavy atom. The summed E-state index contributed by atoms with van der Waals surface area (Å²) in [5.41, 5.74) is 24.1. The fraction of sp³-hybridized carbons (Fsp3) is 0.500. The Labute approximate surface area is 226 Å². The average Bonchev–Trinajstić information content (AvgIpc) is 3.55. The van der Waals surface area contributed by atoms with Crippen molar-refractivity contribution in [3.63, 3.8) is 0 Å². The normalized spacial score (nSPS) is 22.8. The van der Waals surface area contributed by atoms with Crippen molar-refractivity contribution in [1.82, 2.24) is 0 Å². The van der Waals surface area contributed by atoms with E-state index in [-0.39, 0.29) is 25.4 Å². The number of anilines is 1. The predicted molar refractivity (Wildman–Crippen MR) is 146 cm³/mol. The summed E-state index contributed by atoms with van der Waals surface area (Å²) in [6.45, 7) is 6.67. The summed E-state index contributed by atoms with van der Waals surface area (Å²) in [5, 5.41) is 0.